The van der Waals surface area contributed by atoms with Crippen molar-refractivity contribution in [2.45, 2.75) is 12.8 Å². The molecule has 4 nitrogen and oxygen atoms in total. The molecule has 1 aliphatic heterocycles. The molecule has 1 fully saturated rings. The lowest BCUT2D eigenvalue weighted by atomic mass is 10.2. The van der Waals surface area contributed by atoms with Crippen LogP contribution >= 0.6 is 0 Å². The van der Waals surface area contributed by atoms with Crippen molar-refractivity contribution >= 4 is 11.4 Å². The number of nitrogens with zero attached hydrogens (tertiary/aromatic N) is 1. The molecule has 2 rings (SSSR count). The van der Waals surface area contributed by atoms with Crippen LogP contribution in [0.1, 0.15) is 12.8 Å². The first-order valence-electron chi connectivity index (χ1n) is 6.30. The summed E-state index contributed by atoms with van der Waals surface area (Å²) in [5.74, 6) is 0.162. The fourth-order valence-electron chi connectivity index (χ4n) is 2.24. The number of nitrogens with two attached hydrogens (primary N) is 1. The van der Waals surface area contributed by atoms with Crippen molar-refractivity contribution in [1.82, 2.24) is 4.90 Å². The molecule has 3 N–H and O–H groups in total. The molecule has 1 aromatic rings. The Bertz CT molecular complexity index is 405. The van der Waals surface area contributed by atoms with Gasteiger partial charge >= 0.3 is 0 Å². The van der Waals surface area contributed by atoms with Crippen LogP contribution in [0.3, 0.4) is 0 Å². The third kappa shape index (κ3) is 3.04. The lowest BCUT2D eigenvalue weighted by Crippen LogP contribution is -2.26. The number of methoxy groups -OCH3 is 1. The topological polar surface area (TPSA) is 50.5 Å². The van der Waals surface area contributed by atoms with Crippen LogP contribution in [-0.4, -0.2) is 38.2 Å². The fourth-order valence-corrected chi connectivity index (χ4v) is 2.24. The number of benzene rings is 1. The molecule has 0 unspecified atom stereocenters. The van der Waals surface area contributed by atoms with Crippen molar-refractivity contribution < 1.29 is 9.13 Å². The molecule has 1 heterocycles. The second-order valence-corrected chi connectivity index (χ2v) is 4.55. The molecule has 0 bridgehead atoms. The van der Waals surface area contributed by atoms with E-state index in [1.165, 1.54) is 26.0 Å². The highest BCUT2D eigenvalue weighted by Crippen LogP contribution is 2.28. The molecule has 18 heavy (non-hydrogen) atoms. The van der Waals surface area contributed by atoms with Crippen LogP contribution in [0.5, 0.6) is 5.75 Å². The van der Waals surface area contributed by atoms with E-state index in [0.29, 0.717) is 17.1 Å². The van der Waals surface area contributed by atoms with Crippen molar-refractivity contribution in [3.63, 3.8) is 0 Å². The molecule has 100 valence electrons. The van der Waals surface area contributed by atoms with Gasteiger partial charge in [-0.3, -0.25) is 0 Å². The number of ether oxygens (including phenoxy) is 1. The van der Waals surface area contributed by atoms with Gasteiger partial charge in [0.05, 0.1) is 18.5 Å². The van der Waals surface area contributed by atoms with Crippen LogP contribution in [0.15, 0.2) is 12.1 Å². The van der Waals surface area contributed by atoms with Gasteiger partial charge in [0.15, 0.2) is 0 Å². The van der Waals surface area contributed by atoms with Gasteiger partial charge in [-0.1, -0.05) is 0 Å². The third-order valence-electron chi connectivity index (χ3n) is 3.26. The molecule has 1 aromatic carbocycles. The summed E-state index contributed by atoms with van der Waals surface area (Å²) in [4.78, 5) is 2.37. The molecule has 1 saturated heterocycles. The fraction of sp³-hybridized carbons (Fsp3) is 0.538. The summed E-state index contributed by atoms with van der Waals surface area (Å²) < 4.78 is 18.7. The highest BCUT2D eigenvalue weighted by atomic mass is 19.1. The molecule has 0 aliphatic carbocycles. The quantitative estimate of drug-likeness (QED) is 0.787. The van der Waals surface area contributed by atoms with E-state index >= 15 is 0 Å². The Balaban J connectivity index is 1.91. The SMILES string of the molecule is COc1cc(NCCN2CCCC2)c(F)cc1N. The highest BCUT2D eigenvalue weighted by molar-refractivity contribution is 5.62. The number of rotatable bonds is 5. The smallest absolute Gasteiger partial charge is 0.148 e. The zero-order valence-electron chi connectivity index (χ0n) is 10.7. The summed E-state index contributed by atoms with van der Waals surface area (Å²) in [6.07, 6.45) is 2.54. The number of nitrogen functional groups attached to an aromatic ring is 1. The van der Waals surface area contributed by atoms with Crippen molar-refractivity contribution in [2.75, 3.05) is 44.3 Å². The maximum absolute atomic E-state index is 13.7. The van der Waals surface area contributed by atoms with Crippen molar-refractivity contribution in [1.29, 1.82) is 0 Å². The number of hydrogen-bond donors (Lipinski definition) is 2. The molecule has 5 heteroatoms. The van der Waals surface area contributed by atoms with Crippen LogP contribution in [0.4, 0.5) is 15.8 Å². The number of halogens is 1. The Kier molecular flexibility index (Phi) is 4.25. The van der Waals surface area contributed by atoms with E-state index in [-0.39, 0.29) is 5.82 Å². The Morgan fingerprint density at radius 2 is 2.11 bits per heavy atom. The second-order valence-electron chi connectivity index (χ2n) is 4.55. The minimum atomic E-state index is -0.338. The van der Waals surface area contributed by atoms with E-state index in [2.05, 4.69) is 10.2 Å². The van der Waals surface area contributed by atoms with Crippen molar-refractivity contribution in [3.05, 3.63) is 17.9 Å². The molecule has 0 spiro atoms. The molecule has 0 atom stereocenters. The number of nitrogens with one attached hydrogen (secondary N) is 1. The molecule has 0 aromatic heterocycles. The standard InChI is InChI=1S/C13H20FN3O/c1-18-13-9-12(10(14)8-11(13)15)16-4-7-17-5-2-3-6-17/h8-9,16H,2-7,15H2,1H3. The van der Waals surface area contributed by atoms with Crippen LogP contribution in [0.2, 0.25) is 0 Å². The summed E-state index contributed by atoms with van der Waals surface area (Å²) >= 11 is 0. The molecule has 0 saturated carbocycles. The Morgan fingerprint density at radius 1 is 1.39 bits per heavy atom. The Morgan fingerprint density at radius 3 is 2.78 bits per heavy atom. The predicted molar refractivity (Wildman–Crippen MR) is 71.5 cm³/mol. The molecule has 0 radical (unpaired) electrons. The van der Waals surface area contributed by atoms with Crippen molar-refractivity contribution in [2.24, 2.45) is 0 Å². The average molecular weight is 253 g/mol. The minimum absolute atomic E-state index is 0.320. The van der Waals surface area contributed by atoms with Gasteiger partial charge in [0.1, 0.15) is 11.6 Å². The van der Waals surface area contributed by atoms with E-state index in [1.807, 2.05) is 0 Å². The normalized spacial score (nSPS) is 15.9. The first kappa shape index (κ1) is 13.0. The summed E-state index contributed by atoms with van der Waals surface area (Å²) in [7, 11) is 1.53. The first-order chi connectivity index (χ1) is 8.70. The zero-order chi connectivity index (χ0) is 13.0. The summed E-state index contributed by atoms with van der Waals surface area (Å²) in [5, 5.41) is 3.09. The first-order valence-corrected chi connectivity index (χ1v) is 6.30. The lowest BCUT2D eigenvalue weighted by Gasteiger charge is -2.16. The number of anilines is 2. The minimum Gasteiger partial charge on any atom is -0.495 e. The van der Waals surface area contributed by atoms with Gasteiger partial charge in [-0.25, -0.2) is 4.39 Å². The van der Waals surface area contributed by atoms with E-state index in [1.54, 1.807) is 6.07 Å². The predicted octanol–water partition coefficient (Wildman–Crippen LogP) is 1.92. The van der Waals surface area contributed by atoms with Crippen LogP contribution in [0.25, 0.3) is 0 Å². The average Bonchev–Trinajstić information content (AvgIpc) is 2.85. The molecule has 1 aliphatic rings. The van der Waals surface area contributed by atoms with Gasteiger partial charge in [0.25, 0.3) is 0 Å². The van der Waals surface area contributed by atoms with Gasteiger partial charge < -0.3 is 20.7 Å². The zero-order valence-corrected chi connectivity index (χ0v) is 10.7. The van der Waals surface area contributed by atoms with Crippen molar-refractivity contribution in [3.8, 4) is 5.75 Å². The maximum atomic E-state index is 13.7. The number of hydrogen-bond acceptors (Lipinski definition) is 4. The van der Waals surface area contributed by atoms with Gasteiger partial charge in [-0.15, -0.1) is 0 Å². The van der Waals surface area contributed by atoms with Gasteiger partial charge in [0, 0.05) is 25.2 Å². The maximum Gasteiger partial charge on any atom is 0.148 e. The highest BCUT2D eigenvalue weighted by Gasteiger charge is 2.12. The largest absolute Gasteiger partial charge is 0.495 e. The number of likely N-dealkylation sites (tertiary alicyclic amines) is 1. The summed E-state index contributed by atoms with van der Waals surface area (Å²) in [6, 6.07) is 2.89. The van der Waals surface area contributed by atoms with Gasteiger partial charge in [-0.2, -0.15) is 0 Å². The monoisotopic (exact) mass is 253 g/mol. The van der Waals surface area contributed by atoms with E-state index < -0.39 is 0 Å². The summed E-state index contributed by atoms with van der Waals surface area (Å²) in [6.45, 7) is 3.96. The van der Waals surface area contributed by atoms with Crippen LogP contribution < -0.4 is 15.8 Å². The second kappa shape index (κ2) is 5.91. The Labute approximate surface area is 107 Å². The van der Waals surface area contributed by atoms with Crippen LogP contribution in [0, 0.1) is 5.82 Å². The van der Waals surface area contributed by atoms with E-state index in [0.717, 1.165) is 26.2 Å². The van der Waals surface area contributed by atoms with E-state index in [9.17, 15) is 4.39 Å². The molecule has 0 amide bonds. The van der Waals surface area contributed by atoms with E-state index in [4.69, 9.17) is 10.5 Å². The third-order valence-corrected chi connectivity index (χ3v) is 3.26. The van der Waals surface area contributed by atoms with Crippen LogP contribution in [-0.2, 0) is 0 Å². The molecular formula is C13H20FN3O. The van der Waals surface area contributed by atoms with Gasteiger partial charge in [0.2, 0.25) is 0 Å². The van der Waals surface area contributed by atoms with Gasteiger partial charge in [-0.05, 0) is 25.9 Å². The Hall–Kier alpha value is -1.49. The summed E-state index contributed by atoms with van der Waals surface area (Å²) in [5.41, 5.74) is 6.39. The lowest BCUT2D eigenvalue weighted by molar-refractivity contribution is 0.352. The molecular weight excluding hydrogens is 233 g/mol.